The fourth-order valence-electron chi connectivity index (χ4n) is 10.6. The van der Waals surface area contributed by atoms with Crippen LogP contribution in [0.3, 0.4) is 0 Å². The van der Waals surface area contributed by atoms with Gasteiger partial charge in [0.05, 0.1) is 6.54 Å². The summed E-state index contributed by atoms with van der Waals surface area (Å²) in [6.45, 7) is 26.7. The van der Waals surface area contributed by atoms with Crippen LogP contribution in [0.5, 0.6) is 0 Å². The van der Waals surface area contributed by atoms with E-state index in [2.05, 4.69) is 21.3 Å². The van der Waals surface area contributed by atoms with Crippen molar-refractivity contribution < 1.29 is 63.0 Å². The summed E-state index contributed by atoms with van der Waals surface area (Å²) in [6.07, 6.45) is 1.70. The number of nitrogens with zero attached hydrogens (tertiary/aromatic N) is 7. The lowest BCUT2D eigenvalue weighted by Gasteiger charge is -2.41. The topological polar surface area (TPSA) is 299 Å². The Bertz CT molecular complexity index is 2360. The number of unbranched alkanes of at least 4 members (excludes halogenated alkanes) is 1. The van der Waals surface area contributed by atoms with Gasteiger partial charge in [-0.05, 0) is 100 Å². The van der Waals surface area contributed by atoms with E-state index in [9.17, 15) is 53.4 Å². The molecule has 1 aliphatic heterocycles. The summed E-state index contributed by atoms with van der Waals surface area (Å²) in [6, 6.07) is -12.8. The third-order valence-electron chi connectivity index (χ3n) is 16.2. The van der Waals surface area contributed by atoms with Crippen LogP contribution in [0.15, 0.2) is 11.6 Å². The molecule has 12 unspecified atom stereocenters. The Morgan fingerprint density at radius 3 is 1.41 bits per heavy atom. The Labute approximate surface area is 513 Å². The van der Waals surface area contributed by atoms with Crippen molar-refractivity contribution in [1.29, 1.82) is 0 Å². The maximum atomic E-state index is 15.1. The molecule has 1 rings (SSSR count). The van der Waals surface area contributed by atoms with E-state index in [0.717, 1.165) is 14.7 Å². The fraction of sp³-hybridized carbons (Fsp3) is 0.790. The largest absolute Gasteiger partial charge is 0.396 e. The molecule has 6 N–H and O–H groups in total. The van der Waals surface area contributed by atoms with E-state index in [1.807, 2.05) is 48.5 Å². The van der Waals surface area contributed by atoms with Crippen LogP contribution in [0.25, 0.3) is 0 Å². The second kappa shape index (κ2) is 35.6. The quantitative estimate of drug-likeness (QED) is 0.121. The Kier molecular flexibility index (Phi) is 32.2. The number of amides is 11. The summed E-state index contributed by atoms with van der Waals surface area (Å²) in [5.74, 6) is -10.0. The Hall–Kier alpha value is -6.17. The third kappa shape index (κ3) is 21.6. The summed E-state index contributed by atoms with van der Waals surface area (Å²) < 4.78 is 0. The molecule has 0 radical (unpaired) electrons. The van der Waals surface area contributed by atoms with Crippen molar-refractivity contribution in [3.05, 3.63) is 11.6 Å². The lowest BCUT2D eigenvalue weighted by atomic mass is 9.94. The SMILES string of the molecule is CCC/C=C(/C)C(O)C1C(=O)NC(CC)C(=O)N(C)CC(=O)N(C)C(CC(C)CO)C(=O)NC(C(C)C)C(=O)N(C)C(CC(C)C)C(=O)NC(C)C(=O)NC(C)C(=O)N(C)C(CC(C)C)C(=O)N(C)C(CC(C)C)C(=O)N(C)C(C(C)C)C(=O)N1C. The molecule has 0 spiro atoms. The zero-order valence-corrected chi connectivity index (χ0v) is 56.3. The molecule has 1 fully saturated rings. The van der Waals surface area contributed by atoms with Gasteiger partial charge in [0, 0.05) is 55.9 Å². The predicted octanol–water partition coefficient (Wildman–Crippen LogP) is 2.39. The normalized spacial score (nSPS) is 26.8. The van der Waals surface area contributed by atoms with Gasteiger partial charge in [0.25, 0.3) is 0 Å². The minimum Gasteiger partial charge on any atom is -0.396 e. The molecular formula is C62H111N11O13. The Balaban J connectivity index is 4.35. The van der Waals surface area contributed by atoms with Crippen molar-refractivity contribution in [2.24, 2.45) is 35.5 Å². The molecule has 0 bridgehead atoms. The van der Waals surface area contributed by atoms with E-state index in [4.69, 9.17) is 0 Å². The summed E-state index contributed by atoms with van der Waals surface area (Å²) in [4.78, 5) is 168. The highest BCUT2D eigenvalue weighted by molar-refractivity contribution is 5.99. The maximum absolute atomic E-state index is 15.1. The van der Waals surface area contributed by atoms with Crippen LogP contribution in [-0.2, 0) is 52.7 Å². The van der Waals surface area contributed by atoms with Crippen molar-refractivity contribution in [2.75, 3.05) is 62.5 Å². The highest BCUT2D eigenvalue weighted by atomic mass is 16.3. The minimum absolute atomic E-state index is 0.00769. The van der Waals surface area contributed by atoms with Gasteiger partial charge in [-0.3, -0.25) is 52.7 Å². The molecular weight excluding hydrogens is 1110 g/mol. The third-order valence-corrected chi connectivity index (χ3v) is 16.2. The number of carbonyl (C=O) groups excluding carboxylic acids is 11. The predicted molar refractivity (Wildman–Crippen MR) is 330 cm³/mol. The molecule has 1 aliphatic rings. The van der Waals surface area contributed by atoms with Crippen molar-refractivity contribution in [1.82, 2.24) is 55.6 Å². The van der Waals surface area contributed by atoms with Crippen molar-refractivity contribution in [3.63, 3.8) is 0 Å². The highest BCUT2D eigenvalue weighted by Gasteiger charge is 2.45. The van der Waals surface area contributed by atoms with E-state index in [0.29, 0.717) is 18.4 Å². The van der Waals surface area contributed by atoms with Crippen LogP contribution >= 0.6 is 0 Å². The summed E-state index contributed by atoms with van der Waals surface area (Å²) >= 11 is 0. The van der Waals surface area contributed by atoms with Crippen LogP contribution in [0, 0.1) is 35.5 Å². The molecule has 24 nitrogen and oxygen atoms in total. The van der Waals surface area contributed by atoms with Crippen LogP contribution in [0.1, 0.15) is 156 Å². The van der Waals surface area contributed by atoms with Gasteiger partial charge >= 0.3 is 0 Å². The monoisotopic (exact) mass is 1220 g/mol. The average Bonchev–Trinajstić information content (AvgIpc) is 1.66. The number of hydrogen-bond donors (Lipinski definition) is 6. The molecule has 11 amide bonds. The number of aliphatic hydroxyl groups excluding tert-OH is 2. The van der Waals surface area contributed by atoms with Gasteiger partial charge in [0.2, 0.25) is 65.0 Å². The van der Waals surface area contributed by atoms with E-state index >= 15 is 9.59 Å². The van der Waals surface area contributed by atoms with Crippen LogP contribution in [0.2, 0.25) is 0 Å². The molecule has 86 heavy (non-hydrogen) atoms. The number of nitrogens with one attached hydrogen (secondary N) is 4. The Morgan fingerprint density at radius 1 is 0.500 bits per heavy atom. The molecule has 1 saturated heterocycles. The van der Waals surface area contributed by atoms with E-state index in [1.54, 1.807) is 54.5 Å². The van der Waals surface area contributed by atoms with E-state index < -0.39 is 156 Å². The Morgan fingerprint density at radius 2 is 0.942 bits per heavy atom. The number of rotatable bonds is 16. The first-order chi connectivity index (χ1) is 39.7. The van der Waals surface area contributed by atoms with E-state index in [-0.39, 0.29) is 56.5 Å². The van der Waals surface area contributed by atoms with Crippen molar-refractivity contribution >= 4 is 65.0 Å². The van der Waals surface area contributed by atoms with Gasteiger partial charge < -0.3 is 65.8 Å². The number of hydrogen-bond acceptors (Lipinski definition) is 13. The van der Waals surface area contributed by atoms with Gasteiger partial charge in [0.15, 0.2) is 0 Å². The molecule has 0 aromatic rings. The van der Waals surface area contributed by atoms with Gasteiger partial charge in [-0.1, -0.05) is 103 Å². The van der Waals surface area contributed by atoms with Crippen molar-refractivity contribution in [3.8, 4) is 0 Å². The van der Waals surface area contributed by atoms with Crippen LogP contribution in [0.4, 0.5) is 0 Å². The highest BCUT2D eigenvalue weighted by Crippen LogP contribution is 2.25. The van der Waals surface area contributed by atoms with Gasteiger partial charge in [-0.2, -0.15) is 0 Å². The number of carbonyl (C=O) groups is 11. The molecule has 0 aliphatic carbocycles. The molecule has 0 saturated carbocycles. The maximum Gasteiger partial charge on any atom is 0.246 e. The fourth-order valence-corrected chi connectivity index (χ4v) is 10.6. The van der Waals surface area contributed by atoms with Crippen molar-refractivity contribution in [2.45, 2.75) is 222 Å². The molecule has 12 atom stereocenters. The first kappa shape index (κ1) is 77.8. The number of likely N-dealkylation sites (N-methyl/N-ethyl adjacent to an activating group) is 7. The first-order valence-corrected chi connectivity index (χ1v) is 30.8. The average molecular weight is 1220 g/mol. The smallest absolute Gasteiger partial charge is 0.246 e. The second-order valence-corrected chi connectivity index (χ2v) is 25.9. The lowest BCUT2D eigenvalue weighted by molar-refractivity contribution is -0.156. The van der Waals surface area contributed by atoms with Crippen LogP contribution < -0.4 is 21.3 Å². The second-order valence-electron chi connectivity index (χ2n) is 25.9. The van der Waals surface area contributed by atoms with Gasteiger partial charge in [-0.15, -0.1) is 0 Å². The summed E-state index contributed by atoms with van der Waals surface area (Å²) in [5, 5.41) is 33.1. The van der Waals surface area contributed by atoms with Crippen LogP contribution in [-0.4, -0.2) is 238 Å². The molecule has 0 aromatic carbocycles. The lowest BCUT2D eigenvalue weighted by Crippen LogP contribution is -2.63. The number of allylic oxidation sites excluding steroid dienone is 1. The summed E-state index contributed by atoms with van der Waals surface area (Å²) in [7, 11) is 9.73. The zero-order valence-electron chi connectivity index (χ0n) is 56.3. The minimum atomic E-state index is -1.67. The van der Waals surface area contributed by atoms with Gasteiger partial charge in [-0.25, -0.2) is 0 Å². The number of aliphatic hydroxyl groups is 2. The zero-order chi connectivity index (χ0) is 66.7. The molecule has 0 aromatic heterocycles. The standard InChI is InChI=1S/C62H111N11O13/c1-24-26-27-40(14)52(76)51-56(80)65-43(25-2)58(82)67(17)32-48(75)68(18)45(31-39(13)33-74)55(79)66-49(37(9)10)61(85)69(19)44(28-34(3)4)54(78)63-41(15)53(77)64-42(16)57(81)70(20)46(29-35(5)6)59(83)71(21)47(30-36(7)8)60(84)72(22)50(38(11)12)62(86)73(51)23/h27,34-39,41-47,49-52,74,76H,24-26,28-33H2,1-23H3,(H,63,78)(H,64,77)(H,65,80)(H,66,79)/b40-27-. The first-order valence-electron chi connectivity index (χ1n) is 30.8. The molecule has 24 heteroatoms. The van der Waals surface area contributed by atoms with Gasteiger partial charge in [0.1, 0.15) is 66.5 Å². The summed E-state index contributed by atoms with van der Waals surface area (Å²) in [5.41, 5.74) is 0.358. The molecule has 1 heterocycles. The molecule has 492 valence electrons. The van der Waals surface area contributed by atoms with E-state index in [1.165, 1.54) is 82.8 Å².